The van der Waals surface area contributed by atoms with Gasteiger partial charge in [-0.1, -0.05) is 6.58 Å². The van der Waals surface area contributed by atoms with Crippen LogP contribution in [0.25, 0.3) is 22.2 Å². The summed E-state index contributed by atoms with van der Waals surface area (Å²) < 4.78 is 3.46. The summed E-state index contributed by atoms with van der Waals surface area (Å²) in [7, 11) is 3.61. The van der Waals surface area contributed by atoms with Crippen LogP contribution in [-0.2, 0) is 7.05 Å². The lowest BCUT2D eigenvalue weighted by atomic mass is 10.0. The number of pyridine rings is 1. The van der Waals surface area contributed by atoms with Crippen LogP contribution in [0.4, 0.5) is 0 Å². The molecule has 1 saturated heterocycles. The molecule has 30 heavy (non-hydrogen) atoms. The van der Waals surface area contributed by atoms with Crippen LogP contribution < -0.4 is 5.32 Å². The van der Waals surface area contributed by atoms with E-state index in [1.165, 1.54) is 0 Å². The van der Waals surface area contributed by atoms with Gasteiger partial charge in [0.2, 0.25) is 5.96 Å². The predicted molar refractivity (Wildman–Crippen MR) is 117 cm³/mol. The second-order valence-electron chi connectivity index (χ2n) is 7.05. The number of nitriles is 1. The molecule has 1 fully saturated rings. The molecule has 0 saturated carbocycles. The summed E-state index contributed by atoms with van der Waals surface area (Å²) in [5, 5.41) is 21.5. The summed E-state index contributed by atoms with van der Waals surface area (Å²) in [6.07, 6.45) is 8.89. The topological polar surface area (TPSA) is 98.9 Å². The van der Waals surface area contributed by atoms with Gasteiger partial charge in [-0.3, -0.25) is 9.67 Å². The molecule has 1 aliphatic heterocycles. The van der Waals surface area contributed by atoms with Gasteiger partial charge in [-0.05, 0) is 11.6 Å². The van der Waals surface area contributed by atoms with Gasteiger partial charge in [-0.2, -0.15) is 15.5 Å². The molecule has 9 heteroatoms. The number of aryl methyl sites for hydroxylation is 1. The molecule has 0 bridgehead atoms. The van der Waals surface area contributed by atoms with Gasteiger partial charge in [0.15, 0.2) is 0 Å². The summed E-state index contributed by atoms with van der Waals surface area (Å²) >= 11 is 0. The highest BCUT2D eigenvalue weighted by Crippen LogP contribution is 2.28. The monoisotopic (exact) mass is 401 g/mol. The van der Waals surface area contributed by atoms with Crippen molar-refractivity contribution in [1.82, 2.24) is 29.6 Å². The first-order valence-corrected chi connectivity index (χ1v) is 9.67. The van der Waals surface area contributed by atoms with E-state index in [-0.39, 0.29) is 0 Å². The molecule has 4 heterocycles. The minimum Gasteiger partial charge on any atom is -0.339 e. The molecule has 0 aromatic carbocycles. The molecule has 3 aromatic heterocycles. The molecule has 0 radical (unpaired) electrons. The standard InChI is InChI=1S/C21H23N9/c1-15(10-25-21(23-2)29-6-4-24-5-7-29)19-8-16(18-12-26-28(3)13-18)14-30-20(19)17(9-22)11-27-30/h8,10-14,24H,1,4-7H2,2-3H3/b23-21+,25-10-. The van der Waals surface area contributed by atoms with E-state index in [0.717, 1.165) is 42.9 Å². The number of allylic oxidation sites excluding steroid dienone is 1. The molecule has 1 N–H and O–H groups in total. The number of rotatable bonds is 3. The Hall–Kier alpha value is -3.77. The predicted octanol–water partition coefficient (Wildman–Crippen LogP) is 1.58. The highest BCUT2D eigenvalue weighted by atomic mass is 15.3. The van der Waals surface area contributed by atoms with Gasteiger partial charge in [-0.15, -0.1) is 0 Å². The van der Waals surface area contributed by atoms with Gasteiger partial charge in [0.25, 0.3) is 0 Å². The Morgan fingerprint density at radius 1 is 1.23 bits per heavy atom. The number of guanidine groups is 1. The minimum atomic E-state index is 0.490. The lowest BCUT2D eigenvalue weighted by Gasteiger charge is -2.27. The number of nitrogens with zero attached hydrogens (tertiary/aromatic N) is 8. The first-order chi connectivity index (χ1) is 14.6. The maximum atomic E-state index is 9.54. The van der Waals surface area contributed by atoms with Gasteiger partial charge in [0.05, 0.1) is 23.5 Å². The van der Waals surface area contributed by atoms with E-state index in [2.05, 4.69) is 43.0 Å². The van der Waals surface area contributed by atoms with Crippen molar-refractivity contribution in [1.29, 1.82) is 5.26 Å². The summed E-state index contributed by atoms with van der Waals surface area (Å²) in [5.41, 5.74) is 4.56. The largest absolute Gasteiger partial charge is 0.339 e. The molecular weight excluding hydrogens is 378 g/mol. The lowest BCUT2D eigenvalue weighted by molar-refractivity contribution is 0.354. The van der Waals surface area contributed by atoms with Crippen LogP contribution in [0, 0.1) is 11.3 Å². The van der Waals surface area contributed by atoms with Gasteiger partial charge < -0.3 is 10.2 Å². The molecule has 4 rings (SSSR count). The number of aromatic nitrogens is 4. The van der Waals surface area contributed by atoms with Crippen molar-refractivity contribution in [2.75, 3.05) is 33.2 Å². The van der Waals surface area contributed by atoms with Gasteiger partial charge in [0, 0.05) is 75.6 Å². The van der Waals surface area contributed by atoms with E-state index in [4.69, 9.17) is 0 Å². The molecular formula is C21H23N9. The number of fused-ring (bicyclic) bond motifs is 1. The minimum absolute atomic E-state index is 0.490. The van der Waals surface area contributed by atoms with Crippen molar-refractivity contribution >= 4 is 23.3 Å². The average Bonchev–Trinajstić information content (AvgIpc) is 3.40. The first kappa shape index (κ1) is 19.5. The van der Waals surface area contributed by atoms with Crippen LogP contribution in [0.3, 0.4) is 0 Å². The fourth-order valence-corrected chi connectivity index (χ4v) is 3.53. The molecule has 0 unspecified atom stereocenters. The van der Waals surface area contributed by atoms with Crippen LogP contribution in [0.15, 0.2) is 47.4 Å². The summed E-state index contributed by atoms with van der Waals surface area (Å²) in [5.74, 6) is 0.672. The van der Waals surface area contributed by atoms with E-state index in [0.29, 0.717) is 22.6 Å². The SMILES string of the molecule is C=C(/C=N\C(=N/C)N1CCNCC1)c1cc(-c2cnn(C)c2)cn2ncc(C#N)c12. The van der Waals surface area contributed by atoms with Crippen molar-refractivity contribution < 1.29 is 0 Å². The molecule has 0 spiro atoms. The lowest BCUT2D eigenvalue weighted by Crippen LogP contribution is -2.46. The summed E-state index contributed by atoms with van der Waals surface area (Å²) in [4.78, 5) is 11.1. The Morgan fingerprint density at radius 2 is 2.03 bits per heavy atom. The Labute approximate surface area is 174 Å². The second-order valence-corrected chi connectivity index (χ2v) is 7.05. The Kier molecular flexibility index (Phi) is 5.41. The van der Waals surface area contributed by atoms with E-state index in [1.807, 2.05) is 25.5 Å². The van der Waals surface area contributed by atoms with E-state index in [1.54, 1.807) is 34.9 Å². The number of piperazine rings is 1. The number of hydrogen-bond acceptors (Lipinski definition) is 5. The zero-order valence-corrected chi connectivity index (χ0v) is 17.1. The van der Waals surface area contributed by atoms with Crippen molar-refractivity contribution in [3.63, 3.8) is 0 Å². The van der Waals surface area contributed by atoms with Crippen molar-refractivity contribution in [3.8, 4) is 17.2 Å². The summed E-state index contributed by atoms with van der Waals surface area (Å²) in [6, 6.07) is 4.21. The Balaban J connectivity index is 1.73. The van der Waals surface area contributed by atoms with Gasteiger partial charge in [0.1, 0.15) is 6.07 Å². The van der Waals surface area contributed by atoms with Crippen molar-refractivity contribution in [2.45, 2.75) is 0 Å². The van der Waals surface area contributed by atoms with E-state index in [9.17, 15) is 5.26 Å². The molecule has 0 amide bonds. The third kappa shape index (κ3) is 3.73. The third-order valence-corrected chi connectivity index (χ3v) is 5.05. The van der Waals surface area contributed by atoms with Crippen LogP contribution >= 0.6 is 0 Å². The fraction of sp³-hybridized carbons (Fsp3) is 0.286. The molecule has 9 nitrogen and oxygen atoms in total. The van der Waals surface area contributed by atoms with Gasteiger partial charge in [-0.25, -0.2) is 9.51 Å². The Morgan fingerprint density at radius 3 is 2.70 bits per heavy atom. The normalized spacial score (nSPS) is 15.1. The first-order valence-electron chi connectivity index (χ1n) is 9.67. The van der Waals surface area contributed by atoms with E-state index >= 15 is 0 Å². The number of nitrogens with one attached hydrogen (secondary N) is 1. The fourth-order valence-electron chi connectivity index (χ4n) is 3.53. The quantitative estimate of drug-likeness (QED) is 0.531. The van der Waals surface area contributed by atoms with Crippen LogP contribution in [0.1, 0.15) is 11.1 Å². The number of hydrogen-bond donors (Lipinski definition) is 1. The smallest absolute Gasteiger partial charge is 0.220 e. The van der Waals surface area contributed by atoms with E-state index < -0.39 is 0 Å². The van der Waals surface area contributed by atoms with Crippen LogP contribution in [0.2, 0.25) is 0 Å². The third-order valence-electron chi connectivity index (χ3n) is 5.05. The Bertz CT molecular complexity index is 1180. The van der Waals surface area contributed by atoms with Gasteiger partial charge >= 0.3 is 0 Å². The molecule has 1 aliphatic rings. The highest BCUT2D eigenvalue weighted by molar-refractivity contribution is 6.15. The van der Waals surface area contributed by atoms with Crippen LogP contribution in [-0.4, -0.2) is 69.7 Å². The molecule has 0 atom stereocenters. The molecule has 152 valence electrons. The highest BCUT2D eigenvalue weighted by Gasteiger charge is 2.16. The average molecular weight is 401 g/mol. The molecule has 0 aliphatic carbocycles. The molecule has 3 aromatic rings. The maximum absolute atomic E-state index is 9.54. The number of aliphatic imine (C=N–C) groups is 2. The van der Waals surface area contributed by atoms with Crippen molar-refractivity contribution in [3.05, 3.63) is 48.6 Å². The second kappa shape index (κ2) is 8.31. The maximum Gasteiger partial charge on any atom is 0.220 e. The zero-order valence-electron chi connectivity index (χ0n) is 17.1. The van der Waals surface area contributed by atoms with Crippen molar-refractivity contribution in [2.24, 2.45) is 17.0 Å². The zero-order chi connectivity index (χ0) is 21.1. The van der Waals surface area contributed by atoms with Crippen LogP contribution in [0.5, 0.6) is 0 Å². The summed E-state index contributed by atoms with van der Waals surface area (Å²) in [6.45, 7) is 7.75.